The molecule has 0 aliphatic heterocycles. The van der Waals surface area contributed by atoms with Crippen molar-refractivity contribution < 1.29 is 24.2 Å². The van der Waals surface area contributed by atoms with Crippen molar-refractivity contribution in [3.8, 4) is 11.1 Å². The molecule has 2 unspecified atom stereocenters. The number of ether oxygens (including phenoxy) is 1. The van der Waals surface area contributed by atoms with Crippen LogP contribution in [-0.4, -0.2) is 42.3 Å². The van der Waals surface area contributed by atoms with Crippen LogP contribution in [0.3, 0.4) is 0 Å². The molecular weight excluding hydrogens is 396 g/mol. The molecule has 2 aromatic rings. The molecule has 7 heteroatoms. The van der Waals surface area contributed by atoms with Gasteiger partial charge >= 0.3 is 12.1 Å². The average molecular weight is 422 g/mol. The third-order valence-corrected chi connectivity index (χ3v) is 6.11. The molecule has 162 valence electrons. The molecule has 1 saturated carbocycles. The Balaban J connectivity index is 1.22. The van der Waals surface area contributed by atoms with Crippen molar-refractivity contribution >= 4 is 18.0 Å². The first-order valence-electron chi connectivity index (χ1n) is 10.6. The van der Waals surface area contributed by atoms with Crippen LogP contribution in [-0.2, 0) is 14.3 Å². The van der Waals surface area contributed by atoms with Crippen LogP contribution in [0.5, 0.6) is 0 Å². The molecule has 1 fully saturated rings. The van der Waals surface area contributed by atoms with E-state index in [2.05, 4.69) is 34.9 Å². The number of nitrogens with one attached hydrogen (secondary N) is 2. The number of benzene rings is 2. The number of amides is 2. The number of alkyl carbamates (subject to hydrolysis) is 1. The topological polar surface area (TPSA) is 105 Å². The van der Waals surface area contributed by atoms with Crippen molar-refractivity contribution in [2.45, 2.75) is 37.6 Å². The lowest BCUT2D eigenvalue weighted by Gasteiger charge is -2.15. The fraction of sp³-hybridized carbons (Fsp3) is 0.375. The number of carbonyl (C=O) groups is 3. The lowest BCUT2D eigenvalue weighted by Crippen LogP contribution is -2.36. The largest absolute Gasteiger partial charge is 0.481 e. The maximum absolute atomic E-state index is 12.1. The number of rotatable bonds is 7. The molecule has 2 amide bonds. The maximum Gasteiger partial charge on any atom is 0.407 e. The van der Waals surface area contributed by atoms with E-state index in [1.807, 2.05) is 24.3 Å². The molecule has 0 heterocycles. The van der Waals surface area contributed by atoms with Gasteiger partial charge in [-0.2, -0.15) is 0 Å². The van der Waals surface area contributed by atoms with Crippen molar-refractivity contribution in [1.82, 2.24) is 10.6 Å². The quantitative estimate of drug-likeness (QED) is 0.635. The minimum Gasteiger partial charge on any atom is -0.481 e. The lowest BCUT2D eigenvalue weighted by atomic mass is 9.98. The molecule has 2 aliphatic carbocycles. The summed E-state index contributed by atoms with van der Waals surface area (Å²) in [5, 5.41) is 14.5. The molecule has 0 aromatic heterocycles. The molecule has 3 N–H and O–H groups in total. The number of aliphatic carboxylic acids is 1. The van der Waals surface area contributed by atoms with Crippen LogP contribution < -0.4 is 10.6 Å². The average Bonchev–Trinajstić information content (AvgIpc) is 3.35. The second-order valence-electron chi connectivity index (χ2n) is 8.11. The number of fused-ring (bicyclic) bond motifs is 3. The van der Waals surface area contributed by atoms with Gasteiger partial charge in [-0.25, -0.2) is 4.79 Å². The summed E-state index contributed by atoms with van der Waals surface area (Å²) in [6, 6.07) is 16.1. The zero-order valence-electron chi connectivity index (χ0n) is 17.2. The van der Waals surface area contributed by atoms with Gasteiger partial charge in [-0.3, -0.25) is 9.59 Å². The molecule has 2 atom stereocenters. The normalized spacial score (nSPS) is 19.4. The molecule has 0 spiro atoms. The van der Waals surface area contributed by atoms with Gasteiger partial charge in [0.25, 0.3) is 0 Å². The predicted molar refractivity (Wildman–Crippen MR) is 115 cm³/mol. The number of carboxylic acids is 1. The van der Waals surface area contributed by atoms with Gasteiger partial charge in [0, 0.05) is 24.9 Å². The van der Waals surface area contributed by atoms with Crippen molar-refractivity contribution in [2.75, 3.05) is 13.2 Å². The van der Waals surface area contributed by atoms with E-state index in [1.165, 1.54) is 11.1 Å². The number of carboxylic acid groups (broad SMARTS) is 1. The van der Waals surface area contributed by atoms with Crippen LogP contribution >= 0.6 is 0 Å². The van der Waals surface area contributed by atoms with Crippen molar-refractivity contribution in [1.29, 1.82) is 0 Å². The summed E-state index contributed by atoms with van der Waals surface area (Å²) in [7, 11) is 0. The first-order valence-corrected chi connectivity index (χ1v) is 10.6. The molecular formula is C24H26N2O5. The summed E-state index contributed by atoms with van der Waals surface area (Å²) in [6.07, 6.45) is 1.28. The van der Waals surface area contributed by atoms with E-state index in [-0.39, 0.29) is 43.4 Å². The van der Waals surface area contributed by atoms with Gasteiger partial charge in [0.2, 0.25) is 5.91 Å². The Hall–Kier alpha value is -3.35. The van der Waals surface area contributed by atoms with Crippen LogP contribution in [0, 0.1) is 5.92 Å². The lowest BCUT2D eigenvalue weighted by molar-refractivity contribution is -0.141. The zero-order chi connectivity index (χ0) is 21.8. The zero-order valence-corrected chi connectivity index (χ0v) is 17.2. The minimum atomic E-state index is -0.811. The van der Waals surface area contributed by atoms with Gasteiger partial charge in [-0.05, 0) is 41.5 Å². The summed E-state index contributed by atoms with van der Waals surface area (Å²) < 4.78 is 5.45. The molecule has 2 aliphatic rings. The number of hydrogen-bond acceptors (Lipinski definition) is 4. The number of hydrogen-bond donors (Lipinski definition) is 3. The third-order valence-electron chi connectivity index (χ3n) is 6.11. The second kappa shape index (κ2) is 9.20. The van der Waals surface area contributed by atoms with Crippen LogP contribution in [0.2, 0.25) is 0 Å². The minimum absolute atomic E-state index is 0.00834. The van der Waals surface area contributed by atoms with Crippen molar-refractivity contribution in [2.24, 2.45) is 5.92 Å². The Bertz CT molecular complexity index is 944. The van der Waals surface area contributed by atoms with Gasteiger partial charge in [0.05, 0.1) is 5.92 Å². The first kappa shape index (κ1) is 20.9. The Morgan fingerprint density at radius 3 is 2.23 bits per heavy atom. The van der Waals surface area contributed by atoms with E-state index in [9.17, 15) is 14.4 Å². The van der Waals surface area contributed by atoms with Crippen LogP contribution in [0.1, 0.15) is 42.7 Å². The Morgan fingerprint density at radius 2 is 1.61 bits per heavy atom. The fourth-order valence-corrected chi connectivity index (χ4v) is 4.56. The van der Waals surface area contributed by atoms with Gasteiger partial charge in [-0.1, -0.05) is 48.5 Å². The fourth-order valence-electron chi connectivity index (χ4n) is 4.56. The molecule has 31 heavy (non-hydrogen) atoms. The smallest absolute Gasteiger partial charge is 0.407 e. The monoisotopic (exact) mass is 422 g/mol. The summed E-state index contributed by atoms with van der Waals surface area (Å²) in [5.74, 6) is -1.40. The molecule has 0 radical (unpaired) electrons. The second-order valence-corrected chi connectivity index (χ2v) is 8.11. The van der Waals surface area contributed by atoms with Crippen LogP contribution in [0.15, 0.2) is 48.5 Å². The van der Waals surface area contributed by atoms with E-state index < -0.39 is 12.1 Å². The SMILES string of the molecule is O=C(CCNC(=O)OCC1c2ccccc2-c2ccccc21)NC1CCC(C(=O)O)C1. The molecule has 4 rings (SSSR count). The predicted octanol–water partition coefficient (Wildman–Crippen LogP) is 3.28. The van der Waals surface area contributed by atoms with E-state index in [0.29, 0.717) is 19.3 Å². The van der Waals surface area contributed by atoms with Crippen LogP contribution in [0.4, 0.5) is 4.79 Å². The van der Waals surface area contributed by atoms with Gasteiger partial charge in [0.15, 0.2) is 0 Å². The number of carbonyl (C=O) groups excluding carboxylic acids is 2. The van der Waals surface area contributed by atoms with Crippen molar-refractivity contribution in [3.05, 3.63) is 59.7 Å². The Morgan fingerprint density at radius 1 is 0.968 bits per heavy atom. The first-order chi connectivity index (χ1) is 15.0. The highest BCUT2D eigenvalue weighted by atomic mass is 16.5. The van der Waals surface area contributed by atoms with E-state index in [1.54, 1.807) is 0 Å². The standard InChI is InChI=1S/C24H26N2O5/c27-22(26-16-10-9-15(13-16)23(28)29)11-12-25-24(30)31-14-21-19-7-3-1-5-17(19)18-6-2-4-8-20(18)21/h1-8,15-16,21H,9-14H2,(H,25,30)(H,26,27)(H,28,29). The molecule has 0 bridgehead atoms. The highest BCUT2D eigenvalue weighted by molar-refractivity contribution is 5.79. The maximum atomic E-state index is 12.1. The Labute approximate surface area is 180 Å². The van der Waals surface area contributed by atoms with E-state index in [4.69, 9.17) is 9.84 Å². The highest BCUT2D eigenvalue weighted by Gasteiger charge is 2.31. The third kappa shape index (κ3) is 4.71. The molecule has 0 saturated heterocycles. The summed E-state index contributed by atoms with van der Waals surface area (Å²) in [4.78, 5) is 35.2. The Kier molecular flexibility index (Phi) is 6.21. The van der Waals surface area contributed by atoms with Crippen LogP contribution in [0.25, 0.3) is 11.1 Å². The van der Waals surface area contributed by atoms with Gasteiger partial charge < -0.3 is 20.5 Å². The van der Waals surface area contributed by atoms with Gasteiger partial charge in [0.1, 0.15) is 6.61 Å². The molecule has 7 nitrogen and oxygen atoms in total. The molecule has 2 aromatic carbocycles. The summed E-state index contributed by atoms with van der Waals surface area (Å²) >= 11 is 0. The van der Waals surface area contributed by atoms with Crippen molar-refractivity contribution in [3.63, 3.8) is 0 Å². The highest BCUT2D eigenvalue weighted by Crippen LogP contribution is 2.44. The van der Waals surface area contributed by atoms with E-state index in [0.717, 1.165) is 11.1 Å². The van der Waals surface area contributed by atoms with Gasteiger partial charge in [-0.15, -0.1) is 0 Å². The summed E-state index contributed by atoms with van der Waals surface area (Å²) in [6.45, 7) is 0.391. The van der Waals surface area contributed by atoms with E-state index >= 15 is 0 Å². The summed E-state index contributed by atoms with van der Waals surface area (Å²) in [5.41, 5.74) is 4.63.